The van der Waals surface area contributed by atoms with Gasteiger partial charge in [0.2, 0.25) is 5.91 Å². The molecule has 2 fully saturated rings. The van der Waals surface area contributed by atoms with Crippen molar-refractivity contribution in [1.82, 2.24) is 14.8 Å². The molecule has 0 unspecified atom stereocenters. The first kappa shape index (κ1) is 17.5. The third-order valence-corrected chi connectivity index (χ3v) is 6.13. The summed E-state index contributed by atoms with van der Waals surface area (Å²) in [5.74, 6) is 1.02. The van der Waals surface area contributed by atoms with E-state index in [2.05, 4.69) is 9.88 Å². The lowest BCUT2D eigenvalue weighted by atomic mass is 10.2. The number of likely N-dealkylation sites (N-methyl/N-ethyl adjacent to an activating group) is 1. The van der Waals surface area contributed by atoms with Gasteiger partial charge in [-0.05, 0) is 12.1 Å². The summed E-state index contributed by atoms with van der Waals surface area (Å²) in [6.45, 7) is 3.06. The van der Waals surface area contributed by atoms with Gasteiger partial charge in [0.05, 0.1) is 32.3 Å². The lowest BCUT2D eigenvalue weighted by Crippen LogP contribution is -2.42. The lowest BCUT2D eigenvalue weighted by Gasteiger charge is -2.25. The van der Waals surface area contributed by atoms with E-state index < -0.39 is 0 Å². The number of hydrogen-bond acceptors (Lipinski definition) is 6. The van der Waals surface area contributed by atoms with E-state index in [0.717, 1.165) is 36.0 Å². The predicted molar refractivity (Wildman–Crippen MR) is 100 cm³/mol. The van der Waals surface area contributed by atoms with Gasteiger partial charge >= 0.3 is 0 Å². The summed E-state index contributed by atoms with van der Waals surface area (Å²) in [5.41, 5.74) is 1.07. The second-order valence-electron chi connectivity index (χ2n) is 6.79. The molecule has 0 spiro atoms. The van der Waals surface area contributed by atoms with Crippen LogP contribution in [0.2, 0.25) is 0 Å². The van der Waals surface area contributed by atoms with Crippen LogP contribution in [0.25, 0.3) is 10.6 Å². The number of rotatable bonds is 4. The first-order valence-electron chi connectivity index (χ1n) is 8.83. The van der Waals surface area contributed by atoms with Crippen LogP contribution in [-0.2, 0) is 16.1 Å². The van der Waals surface area contributed by atoms with Crippen LogP contribution in [0.5, 0.6) is 5.75 Å². The molecule has 0 N–H and O–H groups in total. The minimum absolute atomic E-state index is 0.109. The summed E-state index contributed by atoms with van der Waals surface area (Å²) in [6, 6.07) is 8.12. The molecule has 4 rings (SSSR count). The first-order chi connectivity index (χ1) is 12.6. The molecule has 7 heteroatoms. The maximum absolute atomic E-state index is 12.0. The van der Waals surface area contributed by atoms with E-state index in [9.17, 15) is 4.79 Å². The Bertz CT molecular complexity index is 794. The largest absolute Gasteiger partial charge is 0.497 e. The van der Waals surface area contributed by atoms with Crippen molar-refractivity contribution < 1.29 is 14.3 Å². The molecule has 0 bridgehead atoms. The van der Waals surface area contributed by atoms with Gasteiger partial charge in [-0.3, -0.25) is 9.69 Å². The van der Waals surface area contributed by atoms with Crippen LogP contribution in [0.3, 0.4) is 0 Å². The Kier molecular flexibility index (Phi) is 4.93. The minimum Gasteiger partial charge on any atom is -0.497 e. The van der Waals surface area contributed by atoms with Crippen molar-refractivity contribution in [2.24, 2.45) is 0 Å². The molecular formula is C19H23N3O3S. The van der Waals surface area contributed by atoms with E-state index >= 15 is 0 Å². The molecule has 2 aliphatic rings. The van der Waals surface area contributed by atoms with Gasteiger partial charge in [0.15, 0.2) is 0 Å². The number of nitrogens with zero attached hydrogens (tertiary/aromatic N) is 3. The average molecular weight is 373 g/mol. The van der Waals surface area contributed by atoms with Crippen molar-refractivity contribution in [3.05, 3.63) is 35.3 Å². The van der Waals surface area contributed by atoms with E-state index in [1.165, 1.54) is 4.88 Å². The zero-order valence-electron chi connectivity index (χ0n) is 15.1. The molecule has 26 heavy (non-hydrogen) atoms. The predicted octanol–water partition coefficient (Wildman–Crippen LogP) is 2.25. The van der Waals surface area contributed by atoms with Crippen LogP contribution in [0, 0.1) is 0 Å². The Hall–Kier alpha value is -1.96. The normalized spacial score (nSPS) is 23.8. The second-order valence-corrected chi connectivity index (χ2v) is 7.90. The van der Waals surface area contributed by atoms with Gasteiger partial charge < -0.3 is 14.4 Å². The van der Waals surface area contributed by atoms with Gasteiger partial charge in [0.25, 0.3) is 0 Å². The summed E-state index contributed by atoms with van der Waals surface area (Å²) in [6.07, 6.45) is 2.54. The molecule has 3 heterocycles. The zero-order valence-corrected chi connectivity index (χ0v) is 15.9. The molecule has 1 amide bonds. The van der Waals surface area contributed by atoms with Crippen LogP contribution < -0.4 is 4.74 Å². The standard InChI is InChI=1S/C19H23N3O3S/c1-21-16-11-22(12-17(16)25-7-6-18(21)23)10-15-9-20-19(26-15)13-4-3-5-14(8-13)24-2/h3-5,8-9,16-17H,6-7,10-12H2,1-2H3/t16-,17-/m0/s1. The summed E-state index contributed by atoms with van der Waals surface area (Å²) in [4.78, 5) is 22.1. The van der Waals surface area contributed by atoms with Crippen LogP contribution in [0.4, 0.5) is 0 Å². The maximum Gasteiger partial charge on any atom is 0.225 e. The molecule has 1 aromatic heterocycles. The highest BCUT2D eigenvalue weighted by molar-refractivity contribution is 7.15. The smallest absolute Gasteiger partial charge is 0.225 e. The SMILES string of the molecule is COc1cccc(-c2ncc(CN3C[C@@H]4OCCC(=O)N(C)[C@H]4C3)s2)c1. The van der Waals surface area contributed by atoms with Crippen molar-refractivity contribution in [3.63, 3.8) is 0 Å². The highest BCUT2D eigenvalue weighted by Crippen LogP contribution is 2.30. The van der Waals surface area contributed by atoms with E-state index in [1.54, 1.807) is 18.4 Å². The number of methoxy groups -OCH3 is 1. The molecule has 2 aromatic rings. The van der Waals surface area contributed by atoms with Crippen LogP contribution in [0.15, 0.2) is 30.5 Å². The average Bonchev–Trinajstić information content (AvgIpc) is 3.25. The fourth-order valence-corrected chi connectivity index (χ4v) is 4.60. The number of likely N-dealkylation sites (tertiary alicyclic amines) is 1. The second kappa shape index (κ2) is 7.34. The number of aromatic nitrogens is 1. The van der Waals surface area contributed by atoms with Crippen molar-refractivity contribution in [3.8, 4) is 16.3 Å². The van der Waals surface area contributed by atoms with E-state index in [0.29, 0.717) is 13.0 Å². The van der Waals surface area contributed by atoms with Gasteiger partial charge in [-0.25, -0.2) is 4.98 Å². The van der Waals surface area contributed by atoms with Crippen molar-refractivity contribution in [2.45, 2.75) is 25.1 Å². The maximum atomic E-state index is 12.0. The molecular weight excluding hydrogens is 350 g/mol. The van der Waals surface area contributed by atoms with Crippen molar-refractivity contribution in [1.29, 1.82) is 0 Å². The lowest BCUT2D eigenvalue weighted by molar-refractivity contribution is -0.131. The van der Waals surface area contributed by atoms with Gasteiger partial charge in [0.1, 0.15) is 10.8 Å². The molecule has 2 saturated heterocycles. The Morgan fingerprint density at radius 3 is 3.12 bits per heavy atom. The van der Waals surface area contributed by atoms with Crippen LogP contribution >= 0.6 is 11.3 Å². The van der Waals surface area contributed by atoms with Crippen molar-refractivity contribution >= 4 is 17.2 Å². The molecule has 2 aliphatic heterocycles. The number of carbonyl (C=O) groups excluding carboxylic acids is 1. The fraction of sp³-hybridized carbons (Fsp3) is 0.474. The van der Waals surface area contributed by atoms with Gasteiger partial charge in [-0.15, -0.1) is 11.3 Å². The van der Waals surface area contributed by atoms with E-state index in [1.807, 2.05) is 42.4 Å². The molecule has 0 radical (unpaired) electrons. The number of thiazole rings is 1. The monoisotopic (exact) mass is 373 g/mol. The van der Waals surface area contributed by atoms with Gasteiger partial charge in [-0.1, -0.05) is 12.1 Å². The van der Waals surface area contributed by atoms with Crippen LogP contribution in [0.1, 0.15) is 11.3 Å². The van der Waals surface area contributed by atoms with Crippen molar-refractivity contribution in [2.75, 3.05) is 33.9 Å². The number of fused-ring (bicyclic) bond motifs is 1. The third-order valence-electron chi connectivity index (χ3n) is 5.10. The number of ether oxygens (including phenoxy) is 2. The molecule has 1 aromatic carbocycles. The Balaban J connectivity index is 1.44. The number of amides is 1. The molecule has 0 aliphatic carbocycles. The molecule has 6 nitrogen and oxygen atoms in total. The molecule has 2 atom stereocenters. The highest BCUT2D eigenvalue weighted by Gasteiger charge is 2.39. The number of hydrogen-bond donors (Lipinski definition) is 0. The molecule has 0 saturated carbocycles. The Morgan fingerprint density at radius 1 is 1.38 bits per heavy atom. The summed E-state index contributed by atoms with van der Waals surface area (Å²) < 4.78 is 11.2. The Labute approximate surface area is 157 Å². The van der Waals surface area contributed by atoms with Gasteiger partial charge in [-0.2, -0.15) is 0 Å². The third kappa shape index (κ3) is 3.47. The summed E-state index contributed by atoms with van der Waals surface area (Å²) in [5, 5.41) is 0.996. The number of carbonyl (C=O) groups is 1. The quantitative estimate of drug-likeness (QED) is 0.823. The zero-order chi connectivity index (χ0) is 18.1. The molecule has 138 valence electrons. The topological polar surface area (TPSA) is 54.9 Å². The number of benzene rings is 1. The van der Waals surface area contributed by atoms with E-state index in [4.69, 9.17) is 9.47 Å². The summed E-state index contributed by atoms with van der Waals surface area (Å²) >= 11 is 1.70. The van der Waals surface area contributed by atoms with E-state index in [-0.39, 0.29) is 18.1 Å². The van der Waals surface area contributed by atoms with Gasteiger partial charge in [0, 0.05) is 43.3 Å². The fourth-order valence-electron chi connectivity index (χ4n) is 3.65. The first-order valence-corrected chi connectivity index (χ1v) is 9.64. The summed E-state index contributed by atoms with van der Waals surface area (Å²) in [7, 11) is 3.57. The Morgan fingerprint density at radius 2 is 2.27 bits per heavy atom. The minimum atomic E-state index is 0.109. The highest BCUT2D eigenvalue weighted by atomic mass is 32.1. The van der Waals surface area contributed by atoms with Crippen LogP contribution in [-0.4, -0.2) is 66.7 Å².